The third-order valence-corrected chi connectivity index (χ3v) is 12.8. The summed E-state index contributed by atoms with van der Waals surface area (Å²) in [5.74, 6) is 5.69. The van der Waals surface area contributed by atoms with Crippen molar-refractivity contribution in [3.05, 3.63) is 131 Å². The van der Waals surface area contributed by atoms with E-state index in [-0.39, 0.29) is 44.1 Å². The van der Waals surface area contributed by atoms with Crippen LogP contribution in [0.15, 0.2) is 108 Å². The molecule has 0 unspecified atom stereocenters. The number of ketones is 4. The fourth-order valence-corrected chi connectivity index (χ4v) is 5.78. The molecule has 0 aliphatic heterocycles. The van der Waals surface area contributed by atoms with Crippen molar-refractivity contribution >= 4 is 51.6 Å². The maximum atomic E-state index is 10.0. The molecule has 2 heterocycles. The number of carbonyl (C=O) groups excluding carboxylic acids is 4. The highest BCUT2D eigenvalue weighted by Crippen LogP contribution is 2.17. The summed E-state index contributed by atoms with van der Waals surface area (Å²) in [7, 11) is 0. The lowest BCUT2D eigenvalue weighted by atomic mass is 10.1. The number of fused-ring (bicyclic) bond motifs is 1. The maximum Gasteiger partial charge on any atom is 0.129 e. The standard InChI is InChI=1S/C10H11N.C9H12.C8H10.C6H14N2.C6H9N.C6H14.2C5H10O.2C5H12.2C4H8O.C4H10S.C4H10.C3H8O.C3H8.2C2H6.2CH4/c1-2-8-7-11-10-6-4-3-5-9(8)10;1-3-9-6-4-8(2)5-7-9;1-2-8-6-4-3-5-7-8;1-3-4-5-8-6(2)7;1-2-6-4-3-5-7-6;1-3-5-6-4-2;2*1-3-4-5(2)6;2*1-4-5(2)3;2*1-3-4(2)5;1-3-4-5-2;1-4(2)3;1-3(2)4;1-3-2;2*1-2;;/h3-7,11H,2H2,1H3;4-7H,3H2,1-2H3;3-7H,2H2,1H3;3-5H2,1-2H3,(H2,7,8);3-5,7H,2H2,1H3;3-6H2,1-2H3;2*3-4H2,1-2H3;2*5H,4H2,1-3H3;2*3H2,1-2H3;3-4H2,1-2H3;4H,1-3H3;3-4H,1-2H3;3H2,1-2H3;2*1-2H3;2*1H4. The Morgan fingerprint density at radius 1 is 0.476 bits per heavy atom. The summed E-state index contributed by atoms with van der Waals surface area (Å²) in [5, 5.41) is 9.41. The summed E-state index contributed by atoms with van der Waals surface area (Å²) in [6.45, 7) is 71.8. The van der Waals surface area contributed by atoms with Crippen molar-refractivity contribution in [2.45, 2.75) is 392 Å². The van der Waals surface area contributed by atoms with Crippen LogP contribution in [0.2, 0.25) is 0 Å². The Morgan fingerprint density at radius 3 is 1.04 bits per heavy atom. The van der Waals surface area contributed by atoms with Gasteiger partial charge in [-0.15, -0.1) is 0 Å². The van der Waals surface area contributed by atoms with Gasteiger partial charge in [0.25, 0.3) is 0 Å². The van der Waals surface area contributed by atoms with Gasteiger partial charge in [0.2, 0.25) is 0 Å². The molecule has 0 aliphatic rings. The number of para-hydroxylation sites is 1. The Balaban J connectivity index is -0.0000000620. The molecule has 5 aromatic rings. The molecule has 0 aliphatic carbocycles. The van der Waals surface area contributed by atoms with E-state index in [1.807, 2.05) is 92.4 Å². The molecule has 0 saturated carbocycles. The second kappa shape index (κ2) is 121. The zero-order valence-electron chi connectivity index (χ0n) is 74.2. The molecule has 0 saturated heterocycles. The number of hydrogen-bond donors (Lipinski definition) is 4. The molecule has 0 spiro atoms. The number of aliphatic imine (C=N–C) groups is 1. The first-order valence-electron chi connectivity index (χ1n) is 39.9. The summed E-state index contributed by atoms with van der Waals surface area (Å²) in [5.41, 5.74) is 13.4. The normalized spacial score (nSPS) is 8.81. The first-order valence-corrected chi connectivity index (χ1v) is 41.3. The molecule has 103 heavy (non-hydrogen) atoms. The van der Waals surface area contributed by atoms with E-state index in [2.05, 4.69) is 245 Å². The molecule has 2 aromatic heterocycles. The second-order valence-corrected chi connectivity index (χ2v) is 26.2. The van der Waals surface area contributed by atoms with Crippen LogP contribution < -0.4 is 5.73 Å². The summed E-state index contributed by atoms with van der Waals surface area (Å²) in [6.07, 6.45) is 28.3. The largest absolute Gasteiger partial charge is 0.394 e. The number of thioether (sulfide) groups is 1. The minimum atomic E-state index is -0.167. The molecule has 0 amide bonds. The Bertz CT molecular complexity index is 2190. The number of unbranched alkanes of at least 4 members (excludes halogenated alkanes) is 4. The van der Waals surface area contributed by atoms with Crippen molar-refractivity contribution in [3.63, 3.8) is 0 Å². The average Bonchev–Trinajstić information content (AvgIpc) is 1.71. The lowest BCUT2D eigenvalue weighted by Gasteiger charge is -1.94. The Kier molecular flexibility index (Phi) is 157. The van der Waals surface area contributed by atoms with Crippen LogP contribution in [0.5, 0.6) is 0 Å². The molecular weight excluding hydrogens is 1290 g/mol. The molecule has 5 N–H and O–H groups in total. The van der Waals surface area contributed by atoms with E-state index in [9.17, 15) is 19.2 Å². The third kappa shape index (κ3) is 169. The van der Waals surface area contributed by atoms with Gasteiger partial charge in [0.15, 0.2) is 0 Å². The van der Waals surface area contributed by atoms with Crippen LogP contribution in [0, 0.1) is 24.7 Å². The van der Waals surface area contributed by atoms with Crippen molar-refractivity contribution in [2.75, 3.05) is 18.6 Å². The molecule has 0 radical (unpaired) electrons. The summed E-state index contributed by atoms with van der Waals surface area (Å²) in [4.78, 5) is 50.0. The smallest absolute Gasteiger partial charge is 0.129 e. The summed E-state index contributed by atoms with van der Waals surface area (Å²) >= 11 is 1.90. The van der Waals surface area contributed by atoms with E-state index in [0.717, 1.165) is 82.1 Å². The number of carbonyl (C=O) groups is 4. The maximum absolute atomic E-state index is 10.0. The molecule has 5 rings (SSSR count). The molecule has 3 aromatic carbocycles. The van der Waals surface area contributed by atoms with Gasteiger partial charge in [0, 0.05) is 67.3 Å². The van der Waals surface area contributed by atoms with Crippen LogP contribution in [0.1, 0.15) is 381 Å². The summed E-state index contributed by atoms with van der Waals surface area (Å²) < 4.78 is 0. The fraction of sp³-hybridized carbons (Fsp3) is 0.688. The lowest BCUT2D eigenvalue weighted by Crippen LogP contribution is -2.05. The SMILES string of the molecule is C.C.CC.CC.CC(C)C.CC(C)O.CCC.CCC(C)=O.CCC(C)=O.CCC(C)C.CCC(C)C.CCCC(C)=O.CCCC(C)=O.CCCCCC.CCCCN=C(C)N.CCCSC.CCc1c[nH]c2ccccc12.CCc1ccc(C)cc1.CCc1ccc[nH]1.CCc1ccccc1. The Morgan fingerprint density at radius 2 is 0.825 bits per heavy atom. The van der Waals surface area contributed by atoms with Crippen LogP contribution in [-0.2, 0) is 44.9 Å². The number of aliphatic hydroxyl groups excluding tert-OH is 1. The fourth-order valence-electron chi connectivity index (χ4n) is 5.37. The van der Waals surface area contributed by atoms with Gasteiger partial charge >= 0.3 is 0 Å². The van der Waals surface area contributed by atoms with Gasteiger partial charge in [-0.3, -0.25) is 4.99 Å². The van der Waals surface area contributed by atoms with Crippen molar-refractivity contribution in [1.29, 1.82) is 0 Å². The van der Waals surface area contributed by atoms with Crippen LogP contribution in [0.3, 0.4) is 0 Å². The van der Waals surface area contributed by atoms with Crippen LogP contribution >= 0.6 is 11.8 Å². The number of hydrogen-bond acceptors (Lipinski definition) is 7. The number of aromatic amines is 2. The van der Waals surface area contributed by atoms with Crippen molar-refractivity contribution < 1.29 is 24.3 Å². The van der Waals surface area contributed by atoms with Crippen LogP contribution in [0.4, 0.5) is 0 Å². The minimum absolute atomic E-state index is 0. The van der Waals surface area contributed by atoms with Gasteiger partial charge in [-0.2, -0.15) is 11.8 Å². The average molecular weight is 1470 g/mol. The first kappa shape index (κ1) is 134. The zero-order chi connectivity index (χ0) is 81.6. The Hall–Kier alpha value is -5.06. The molecule has 0 atom stereocenters. The van der Waals surface area contributed by atoms with E-state index >= 15 is 0 Å². The summed E-state index contributed by atoms with van der Waals surface area (Å²) in [6, 6.07) is 31.6. The number of rotatable bonds is 20. The van der Waals surface area contributed by atoms with E-state index in [4.69, 9.17) is 10.8 Å². The molecule has 0 fully saturated rings. The third-order valence-electron chi connectivity index (χ3n) is 12.0. The number of Topliss-reactive ketones (excluding diaryl/α,β-unsaturated/α-hetero) is 4. The number of aromatic nitrogens is 2. The molecule has 0 bridgehead atoms. The van der Waals surface area contributed by atoms with Gasteiger partial charge in [-0.25, -0.2) is 0 Å². The highest BCUT2D eigenvalue weighted by molar-refractivity contribution is 7.98. The number of aryl methyl sites for hydroxylation is 5. The van der Waals surface area contributed by atoms with Crippen LogP contribution in [0.25, 0.3) is 10.9 Å². The molecule has 9 nitrogen and oxygen atoms in total. The van der Waals surface area contributed by atoms with Gasteiger partial charge < -0.3 is 40.0 Å². The minimum Gasteiger partial charge on any atom is -0.394 e. The number of nitrogens with one attached hydrogen (secondary N) is 2. The van der Waals surface area contributed by atoms with Gasteiger partial charge in [-0.05, 0) is 171 Å². The van der Waals surface area contributed by atoms with E-state index < -0.39 is 0 Å². The second-order valence-electron chi connectivity index (χ2n) is 25.2. The number of aliphatic hydroxyl groups is 1. The topological polar surface area (TPSA) is 158 Å². The monoisotopic (exact) mass is 1470 g/mol. The highest BCUT2D eigenvalue weighted by Gasteiger charge is 1.98. The highest BCUT2D eigenvalue weighted by atomic mass is 32.2. The van der Waals surface area contributed by atoms with Crippen LogP contribution in [-0.4, -0.2) is 68.7 Å². The lowest BCUT2D eigenvalue weighted by molar-refractivity contribution is -0.117. The zero-order valence-corrected chi connectivity index (χ0v) is 75.0. The van der Waals surface area contributed by atoms with Gasteiger partial charge in [0.05, 0.1) is 5.84 Å². The Labute approximate surface area is 652 Å². The van der Waals surface area contributed by atoms with Crippen molar-refractivity contribution in [1.82, 2.24) is 9.97 Å². The number of benzene rings is 3. The van der Waals surface area contributed by atoms with E-state index in [1.165, 1.54) is 102 Å². The number of H-pyrrole nitrogens is 2. The number of amidine groups is 1. The predicted octanol–water partition coefficient (Wildman–Crippen LogP) is 30.2. The predicted molar refractivity (Wildman–Crippen MR) is 483 cm³/mol. The van der Waals surface area contributed by atoms with E-state index in [1.54, 1.807) is 41.5 Å². The quantitative estimate of drug-likeness (QED) is 0.0343. The van der Waals surface area contributed by atoms with Crippen molar-refractivity contribution in [2.24, 2.45) is 28.5 Å². The van der Waals surface area contributed by atoms with Gasteiger partial charge in [0.1, 0.15) is 23.1 Å². The van der Waals surface area contributed by atoms with Crippen molar-refractivity contribution in [3.8, 4) is 0 Å². The molecule has 10 heteroatoms. The van der Waals surface area contributed by atoms with E-state index in [0.29, 0.717) is 18.7 Å². The van der Waals surface area contributed by atoms with Gasteiger partial charge in [-0.1, -0.05) is 332 Å². The first-order chi connectivity index (χ1) is 47.7. The molecular formula is C93H186N4O5S. The number of nitrogens with zero attached hydrogens (tertiary/aromatic N) is 1. The number of nitrogens with two attached hydrogens (primary N) is 1. The molecule has 614 valence electrons.